The molecule has 0 N–H and O–H groups in total. The molecule has 6 rings (SSSR count). The van der Waals surface area contributed by atoms with Crippen LogP contribution in [0.4, 0.5) is 0 Å². The number of amides is 2. The third-order valence-electron chi connectivity index (χ3n) is 7.02. The average Bonchev–Trinajstić information content (AvgIpc) is 3.06. The van der Waals surface area contributed by atoms with E-state index in [0.717, 1.165) is 30.8 Å². The number of hydrogen-bond donors (Lipinski definition) is 0. The van der Waals surface area contributed by atoms with E-state index < -0.39 is 0 Å². The van der Waals surface area contributed by atoms with Crippen LogP contribution in [-0.4, -0.2) is 58.9 Å². The fraction of sp³-hybridized carbons (Fsp3) is 0.480. The van der Waals surface area contributed by atoms with Gasteiger partial charge < -0.3 is 14.5 Å². The van der Waals surface area contributed by atoms with Gasteiger partial charge in [-0.3, -0.25) is 9.59 Å². The fourth-order valence-electron chi connectivity index (χ4n) is 5.21. The van der Waals surface area contributed by atoms with Gasteiger partial charge in [0.25, 0.3) is 11.8 Å². The monoisotopic (exact) mass is 453 g/mol. The molecule has 1 aliphatic carbocycles. The Labute approximate surface area is 193 Å². The second-order valence-electron chi connectivity index (χ2n) is 9.27. The minimum atomic E-state index is -0.0676. The zero-order valence-electron chi connectivity index (χ0n) is 18.1. The lowest BCUT2D eigenvalue weighted by Gasteiger charge is -2.23. The lowest BCUT2D eigenvalue weighted by atomic mass is 9.84. The van der Waals surface area contributed by atoms with Crippen molar-refractivity contribution in [2.45, 2.75) is 38.2 Å². The van der Waals surface area contributed by atoms with Crippen LogP contribution in [-0.2, 0) is 0 Å². The minimum absolute atomic E-state index is 0.0624. The van der Waals surface area contributed by atoms with Gasteiger partial charge in [0.1, 0.15) is 17.0 Å². The van der Waals surface area contributed by atoms with Crippen molar-refractivity contribution in [3.63, 3.8) is 0 Å². The number of aromatic nitrogens is 1. The second kappa shape index (κ2) is 9.10. The predicted molar refractivity (Wildman–Crippen MR) is 122 cm³/mol. The minimum Gasteiger partial charge on any atom is -0.489 e. The number of hydrogen-bond acceptors (Lipinski definition) is 4. The van der Waals surface area contributed by atoms with Gasteiger partial charge in [-0.25, -0.2) is 4.98 Å². The molecule has 1 unspecified atom stereocenters. The molecular weight excluding hydrogens is 426 g/mol. The molecule has 3 saturated heterocycles. The summed E-state index contributed by atoms with van der Waals surface area (Å²) in [5.41, 5.74) is 1.25. The third kappa shape index (κ3) is 4.60. The van der Waals surface area contributed by atoms with Crippen LogP contribution in [0.5, 0.6) is 5.75 Å². The Bertz CT molecular complexity index is 957. The van der Waals surface area contributed by atoms with Gasteiger partial charge in [0, 0.05) is 37.8 Å². The Morgan fingerprint density at radius 2 is 1.44 bits per heavy atom. The number of benzene rings is 1. The summed E-state index contributed by atoms with van der Waals surface area (Å²) in [6, 6.07) is 10.8. The van der Waals surface area contributed by atoms with Crippen LogP contribution < -0.4 is 4.74 Å². The maximum atomic E-state index is 13.0. The summed E-state index contributed by atoms with van der Waals surface area (Å²) in [4.78, 5) is 33.5. The number of carbonyl (C=O) groups excluding carboxylic acids is 2. The van der Waals surface area contributed by atoms with E-state index in [1.165, 1.54) is 31.9 Å². The molecule has 0 radical (unpaired) electrons. The van der Waals surface area contributed by atoms with E-state index in [1.54, 1.807) is 17.0 Å². The Balaban J connectivity index is 1.17. The van der Waals surface area contributed by atoms with Gasteiger partial charge in [0.05, 0.1) is 12.1 Å². The Kier molecular flexibility index (Phi) is 6.05. The van der Waals surface area contributed by atoms with Crippen molar-refractivity contribution >= 4 is 23.4 Å². The Hall–Kier alpha value is -2.60. The maximum Gasteiger partial charge on any atom is 0.255 e. The molecule has 1 atom stereocenters. The van der Waals surface area contributed by atoms with Crippen LogP contribution in [0.2, 0.25) is 5.15 Å². The van der Waals surface area contributed by atoms with Crippen molar-refractivity contribution < 1.29 is 14.3 Å². The molecule has 4 heterocycles. The normalized spacial score (nSPS) is 25.0. The molecule has 0 spiro atoms. The van der Waals surface area contributed by atoms with Crippen molar-refractivity contribution in [3.8, 4) is 5.75 Å². The molecule has 7 heteroatoms. The van der Waals surface area contributed by atoms with E-state index in [9.17, 15) is 9.59 Å². The lowest BCUT2D eigenvalue weighted by Crippen LogP contribution is -2.34. The van der Waals surface area contributed by atoms with Crippen LogP contribution in [0.3, 0.4) is 0 Å². The highest BCUT2D eigenvalue weighted by molar-refractivity contribution is 6.29. The fourth-order valence-corrected chi connectivity index (χ4v) is 5.32. The van der Waals surface area contributed by atoms with Gasteiger partial charge in [-0.1, -0.05) is 11.6 Å². The first-order valence-corrected chi connectivity index (χ1v) is 11.9. The molecule has 168 valence electrons. The molecule has 2 amide bonds. The molecule has 4 aliphatic rings. The number of rotatable bonds is 4. The highest BCUT2D eigenvalue weighted by Crippen LogP contribution is 2.34. The number of halogens is 1. The summed E-state index contributed by atoms with van der Waals surface area (Å²) in [5.74, 6) is 2.12. The van der Waals surface area contributed by atoms with Crippen molar-refractivity contribution in [3.05, 3.63) is 58.9 Å². The number of ether oxygens (including phenoxy) is 1. The van der Waals surface area contributed by atoms with Crippen molar-refractivity contribution in [2.75, 3.05) is 26.2 Å². The molecule has 32 heavy (non-hydrogen) atoms. The van der Waals surface area contributed by atoms with Gasteiger partial charge in [-0.2, -0.15) is 0 Å². The quantitative estimate of drug-likeness (QED) is 0.648. The van der Waals surface area contributed by atoms with Crippen LogP contribution in [0.25, 0.3) is 0 Å². The van der Waals surface area contributed by atoms with E-state index >= 15 is 0 Å². The van der Waals surface area contributed by atoms with Gasteiger partial charge in [0.2, 0.25) is 0 Å². The summed E-state index contributed by atoms with van der Waals surface area (Å²) in [5, 5.41) is 0.370. The van der Waals surface area contributed by atoms with E-state index in [2.05, 4.69) is 9.88 Å². The molecule has 1 aromatic heterocycles. The highest BCUT2D eigenvalue weighted by Gasteiger charge is 2.32. The summed E-state index contributed by atoms with van der Waals surface area (Å²) < 4.78 is 6.10. The van der Waals surface area contributed by atoms with E-state index in [0.29, 0.717) is 35.6 Å². The van der Waals surface area contributed by atoms with Crippen molar-refractivity contribution in [1.29, 1.82) is 0 Å². The second-order valence-corrected chi connectivity index (χ2v) is 9.66. The number of likely N-dealkylation sites (tertiary alicyclic amines) is 1. The van der Waals surface area contributed by atoms with Crippen LogP contribution in [0.1, 0.15) is 52.8 Å². The topological polar surface area (TPSA) is 62.7 Å². The van der Waals surface area contributed by atoms with Crippen LogP contribution in [0, 0.1) is 11.8 Å². The molecule has 6 nitrogen and oxygen atoms in total. The largest absolute Gasteiger partial charge is 0.489 e. The number of nitrogens with zero attached hydrogens (tertiary/aromatic N) is 3. The van der Waals surface area contributed by atoms with E-state index in [1.807, 2.05) is 24.3 Å². The highest BCUT2D eigenvalue weighted by atomic mass is 35.5. The van der Waals surface area contributed by atoms with Crippen LogP contribution in [0.15, 0.2) is 42.6 Å². The van der Waals surface area contributed by atoms with E-state index in [-0.39, 0.29) is 17.9 Å². The van der Waals surface area contributed by atoms with Crippen molar-refractivity contribution in [2.24, 2.45) is 11.8 Å². The number of carbonyl (C=O) groups is 2. The zero-order chi connectivity index (χ0) is 22.1. The Morgan fingerprint density at radius 3 is 2.06 bits per heavy atom. The van der Waals surface area contributed by atoms with Gasteiger partial charge in [-0.15, -0.1) is 0 Å². The first-order valence-electron chi connectivity index (χ1n) is 11.5. The molecule has 1 aromatic carbocycles. The average molecular weight is 454 g/mol. The summed E-state index contributed by atoms with van der Waals surface area (Å²) in [6.45, 7) is 2.95. The summed E-state index contributed by atoms with van der Waals surface area (Å²) >= 11 is 5.81. The van der Waals surface area contributed by atoms with Gasteiger partial charge in [0.15, 0.2) is 0 Å². The zero-order valence-corrected chi connectivity index (χ0v) is 18.8. The smallest absolute Gasteiger partial charge is 0.255 e. The van der Waals surface area contributed by atoms with Crippen molar-refractivity contribution in [1.82, 2.24) is 14.8 Å². The van der Waals surface area contributed by atoms with Gasteiger partial charge in [-0.05, 0) is 73.9 Å². The Morgan fingerprint density at radius 1 is 0.812 bits per heavy atom. The number of pyridine rings is 1. The first kappa shape index (κ1) is 21.3. The standard InChI is InChI=1S/C25H28ClN3O3/c26-23-10-7-20(13-27-23)25(31)28-12-11-22(16-28)32-21-8-5-19(6-9-21)24(30)29-14-17-1-2-18(15-29)4-3-17/h5-10,13,17-18,22H,1-4,11-12,14-16H2. The first-order chi connectivity index (χ1) is 15.5. The number of fused-ring (bicyclic) bond motifs is 4. The third-order valence-corrected chi connectivity index (χ3v) is 7.24. The summed E-state index contributed by atoms with van der Waals surface area (Å²) in [6.07, 6.45) is 7.25. The maximum absolute atomic E-state index is 13.0. The molecule has 4 fully saturated rings. The molecule has 1 saturated carbocycles. The van der Waals surface area contributed by atoms with Gasteiger partial charge >= 0.3 is 0 Å². The molecule has 2 aromatic rings. The van der Waals surface area contributed by atoms with Crippen LogP contribution >= 0.6 is 11.6 Å². The predicted octanol–water partition coefficient (Wildman–Crippen LogP) is 4.29. The SMILES string of the molecule is O=C(c1ccc(OC2CCN(C(=O)c3ccc(Cl)nc3)C2)cc1)N1CC2CCC(CC2)C1. The van der Waals surface area contributed by atoms with E-state index in [4.69, 9.17) is 16.3 Å². The molecule has 3 aliphatic heterocycles. The molecule has 2 bridgehead atoms. The lowest BCUT2D eigenvalue weighted by molar-refractivity contribution is 0.0737. The molecular formula is C25H28ClN3O3. The summed E-state index contributed by atoms with van der Waals surface area (Å²) in [7, 11) is 0.